The summed E-state index contributed by atoms with van der Waals surface area (Å²) in [7, 11) is 4.25. The summed E-state index contributed by atoms with van der Waals surface area (Å²) in [6.07, 6.45) is 16.8. The third-order valence-corrected chi connectivity index (χ3v) is 13.7. The molecule has 10 heteroatoms. The number of aromatic carboxylic acids is 2. The molecule has 2 fully saturated rings. The second-order valence-electron chi connectivity index (χ2n) is 17.9. The van der Waals surface area contributed by atoms with Crippen molar-refractivity contribution in [3.05, 3.63) is 177 Å². The Morgan fingerprint density at radius 1 is 0.562 bits per heavy atom. The lowest BCUT2D eigenvalue weighted by Crippen LogP contribution is -2.30. The molecule has 4 heterocycles. The summed E-state index contributed by atoms with van der Waals surface area (Å²) in [5.74, 6) is -0.226. The molecule has 0 spiro atoms. The number of rotatable bonds is 14. The SMILES string of the molecule is CN(c1ccc(C2CC2)cc1)c1ccc2c(c1)CCN[C@@H]2CCc1cnccc1C(=O)O.CN(c1ccc(C2CC2)cc1)c1ccc2c(c1)CCN[C@H]2CCc1cnccc1C(=O)O. The minimum absolute atomic E-state index is 0.220. The van der Waals surface area contributed by atoms with E-state index < -0.39 is 11.9 Å². The van der Waals surface area contributed by atoms with E-state index in [1.165, 1.54) is 81.8 Å². The molecule has 2 aromatic heterocycles. The Labute approximate surface area is 376 Å². The molecule has 64 heavy (non-hydrogen) atoms. The molecule has 10 nitrogen and oxygen atoms in total. The number of carboxylic acids is 2. The van der Waals surface area contributed by atoms with Crippen molar-refractivity contribution in [2.45, 2.75) is 88.1 Å². The van der Waals surface area contributed by atoms with E-state index >= 15 is 0 Å². The van der Waals surface area contributed by atoms with Crippen LogP contribution in [0.4, 0.5) is 22.7 Å². The molecule has 2 saturated carbocycles. The normalized spacial score (nSPS) is 17.6. The number of nitrogens with zero attached hydrogens (tertiary/aromatic N) is 4. The molecule has 0 unspecified atom stereocenters. The van der Waals surface area contributed by atoms with Crippen LogP contribution in [0, 0.1) is 0 Å². The maximum absolute atomic E-state index is 11.5. The van der Waals surface area contributed by atoms with E-state index in [-0.39, 0.29) is 12.1 Å². The second kappa shape index (κ2) is 19.2. The molecule has 6 aromatic rings. The third-order valence-electron chi connectivity index (χ3n) is 13.7. The number of anilines is 4. The topological polar surface area (TPSA) is 131 Å². The average Bonchev–Trinajstić information content (AvgIpc) is 4.28. The molecule has 2 atom stereocenters. The molecule has 0 amide bonds. The first kappa shape index (κ1) is 42.9. The van der Waals surface area contributed by atoms with Crippen molar-refractivity contribution in [3.63, 3.8) is 0 Å². The van der Waals surface area contributed by atoms with Crippen LogP contribution in [0.15, 0.2) is 122 Å². The number of aryl methyl sites for hydroxylation is 2. The van der Waals surface area contributed by atoms with Crippen molar-refractivity contribution < 1.29 is 19.8 Å². The van der Waals surface area contributed by atoms with Crippen LogP contribution in [-0.2, 0) is 25.7 Å². The van der Waals surface area contributed by atoms with Crippen molar-refractivity contribution in [3.8, 4) is 0 Å². The molecule has 2 aliphatic heterocycles. The van der Waals surface area contributed by atoms with Gasteiger partial charge in [0.2, 0.25) is 0 Å². The van der Waals surface area contributed by atoms with Crippen molar-refractivity contribution >= 4 is 34.7 Å². The highest BCUT2D eigenvalue weighted by molar-refractivity contribution is 5.89. The lowest BCUT2D eigenvalue weighted by atomic mass is 9.89. The van der Waals surface area contributed by atoms with Gasteiger partial charge in [-0.1, -0.05) is 36.4 Å². The van der Waals surface area contributed by atoms with E-state index in [2.05, 4.69) is 129 Å². The first-order valence-corrected chi connectivity index (χ1v) is 22.9. The van der Waals surface area contributed by atoms with Crippen LogP contribution < -0.4 is 20.4 Å². The smallest absolute Gasteiger partial charge is 0.336 e. The molecule has 4 N–H and O–H groups in total. The van der Waals surface area contributed by atoms with Crippen LogP contribution in [-0.4, -0.2) is 59.3 Å². The highest BCUT2D eigenvalue weighted by Crippen LogP contribution is 2.42. The molecule has 328 valence electrons. The Bertz CT molecular complexity index is 2420. The highest BCUT2D eigenvalue weighted by Gasteiger charge is 2.26. The predicted octanol–water partition coefficient (Wildman–Crippen LogP) is 10.5. The van der Waals surface area contributed by atoms with Gasteiger partial charge in [-0.25, -0.2) is 9.59 Å². The van der Waals surface area contributed by atoms with Crippen molar-refractivity contribution in [2.75, 3.05) is 37.0 Å². The van der Waals surface area contributed by atoms with Crippen LogP contribution in [0.2, 0.25) is 0 Å². The summed E-state index contributed by atoms with van der Waals surface area (Å²) < 4.78 is 0. The Hall–Kier alpha value is -6.36. The minimum Gasteiger partial charge on any atom is -0.478 e. The fraction of sp³-hybridized carbons (Fsp3) is 0.333. The molecular formula is C54H58N6O4. The number of nitrogens with one attached hydrogen (secondary N) is 2. The quantitative estimate of drug-likeness (QED) is 0.0840. The van der Waals surface area contributed by atoms with E-state index in [4.69, 9.17) is 0 Å². The zero-order valence-electron chi connectivity index (χ0n) is 36.8. The van der Waals surface area contributed by atoms with Crippen LogP contribution in [0.5, 0.6) is 0 Å². The summed E-state index contributed by atoms with van der Waals surface area (Å²) in [4.78, 5) is 35.7. The Morgan fingerprint density at radius 2 is 0.953 bits per heavy atom. The molecular weight excluding hydrogens is 797 g/mol. The van der Waals surface area contributed by atoms with Gasteiger partial charge < -0.3 is 30.6 Å². The standard InChI is InChI=1S/2C27H29N3O2/c2*1-30(22-7-4-19(5-8-22)18-2-3-18)23-9-10-24-20(16-23)12-15-29-26(24)11-6-21-17-28-14-13-25(21)27(31)32/h2*4-5,7-10,13-14,16-18,26,29H,2-3,6,11-12,15H2,1H3,(H,31,32)/t2*26-/m10/s1. The maximum atomic E-state index is 11.5. The first-order chi connectivity index (χ1) is 31.2. The zero-order valence-corrected chi connectivity index (χ0v) is 36.8. The fourth-order valence-corrected chi connectivity index (χ4v) is 9.55. The monoisotopic (exact) mass is 854 g/mol. The van der Waals surface area contributed by atoms with Gasteiger partial charge in [-0.15, -0.1) is 0 Å². The number of carboxylic acid groups (broad SMARTS) is 2. The Balaban J connectivity index is 0.000000162. The molecule has 4 aliphatic rings. The lowest BCUT2D eigenvalue weighted by molar-refractivity contribution is 0.0684. The number of fused-ring (bicyclic) bond motifs is 2. The number of hydrogen-bond acceptors (Lipinski definition) is 8. The summed E-state index contributed by atoms with van der Waals surface area (Å²) in [6.45, 7) is 1.86. The Morgan fingerprint density at radius 3 is 1.33 bits per heavy atom. The van der Waals surface area contributed by atoms with E-state index in [1.54, 1.807) is 36.9 Å². The predicted molar refractivity (Wildman–Crippen MR) is 254 cm³/mol. The molecule has 2 aliphatic carbocycles. The molecule has 4 aromatic carbocycles. The van der Waals surface area contributed by atoms with Crippen LogP contribution in [0.25, 0.3) is 0 Å². The van der Waals surface area contributed by atoms with Gasteiger partial charge >= 0.3 is 11.9 Å². The van der Waals surface area contributed by atoms with Crippen molar-refractivity contribution in [1.29, 1.82) is 0 Å². The number of pyridine rings is 2. The Kier molecular flexibility index (Phi) is 12.9. The zero-order chi connectivity index (χ0) is 44.2. The van der Waals surface area contributed by atoms with Gasteiger partial charge in [-0.05, 0) is 194 Å². The number of benzene rings is 4. The molecule has 0 bridgehead atoms. The minimum atomic E-state index is -0.891. The summed E-state index contributed by atoms with van der Waals surface area (Å²) in [6, 6.07) is 35.1. The van der Waals surface area contributed by atoms with Crippen LogP contribution in [0.3, 0.4) is 0 Å². The van der Waals surface area contributed by atoms with Gasteiger partial charge in [0.25, 0.3) is 0 Å². The van der Waals surface area contributed by atoms with E-state index in [9.17, 15) is 19.8 Å². The van der Waals surface area contributed by atoms with E-state index in [0.29, 0.717) is 24.0 Å². The highest BCUT2D eigenvalue weighted by atomic mass is 16.4. The van der Waals surface area contributed by atoms with Crippen LogP contribution in [0.1, 0.15) is 128 Å². The van der Waals surface area contributed by atoms with Crippen molar-refractivity contribution in [1.82, 2.24) is 20.6 Å². The van der Waals surface area contributed by atoms with Gasteiger partial charge in [0.1, 0.15) is 0 Å². The summed E-state index contributed by atoms with van der Waals surface area (Å²) >= 11 is 0. The second-order valence-corrected chi connectivity index (χ2v) is 17.9. The molecule has 0 saturated heterocycles. The maximum Gasteiger partial charge on any atom is 0.336 e. The number of carbonyl (C=O) groups is 2. The molecule has 0 radical (unpaired) electrons. The van der Waals surface area contributed by atoms with Gasteiger partial charge in [0.15, 0.2) is 0 Å². The van der Waals surface area contributed by atoms with Gasteiger partial charge in [0, 0.05) is 73.7 Å². The van der Waals surface area contributed by atoms with Crippen LogP contribution >= 0.6 is 0 Å². The number of hydrogen-bond donors (Lipinski definition) is 4. The largest absolute Gasteiger partial charge is 0.478 e. The lowest BCUT2D eigenvalue weighted by Gasteiger charge is -2.29. The average molecular weight is 855 g/mol. The van der Waals surface area contributed by atoms with Gasteiger partial charge in [0.05, 0.1) is 11.1 Å². The summed E-state index contributed by atoms with van der Waals surface area (Å²) in [5.41, 5.74) is 15.4. The van der Waals surface area contributed by atoms with E-state index in [1.807, 2.05) is 0 Å². The third kappa shape index (κ3) is 9.88. The molecule has 10 rings (SSSR count). The van der Waals surface area contributed by atoms with Gasteiger partial charge in [-0.3, -0.25) is 9.97 Å². The van der Waals surface area contributed by atoms with E-state index in [0.717, 1.165) is 61.7 Å². The summed E-state index contributed by atoms with van der Waals surface area (Å²) in [5, 5.41) is 26.1. The number of aromatic nitrogens is 2. The first-order valence-electron chi connectivity index (χ1n) is 22.9. The van der Waals surface area contributed by atoms with Gasteiger partial charge in [-0.2, -0.15) is 0 Å². The fourth-order valence-electron chi connectivity index (χ4n) is 9.55. The van der Waals surface area contributed by atoms with Crippen molar-refractivity contribution in [2.24, 2.45) is 0 Å².